The van der Waals surface area contributed by atoms with E-state index in [0.717, 1.165) is 31.1 Å². The molecule has 15 heavy (non-hydrogen) atoms. The van der Waals surface area contributed by atoms with E-state index < -0.39 is 0 Å². The van der Waals surface area contributed by atoms with E-state index in [1.165, 1.54) is 5.56 Å². The smallest absolute Gasteiger partial charge is 0.119 e. The van der Waals surface area contributed by atoms with Gasteiger partial charge in [0.2, 0.25) is 0 Å². The number of hydrogen-bond acceptors (Lipinski definition) is 1. The Morgan fingerprint density at radius 1 is 1.33 bits per heavy atom. The first-order chi connectivity index (χ1) is 7.22. The Morgan fingerprint density at radius 2 is 2.13 bits per heavy atom. The number of halogens is 1. The Kier molecular flexibility index (Phi) is 5.56. The van der Waals surface area contributed by atoms with Gasteiger partial charge in [0, 0.05) is 5.88 Å². The highest BCUT2D eigenvalue weighted by Crippen LogP contribution is 2.15. The van der Waals surface area contributed by atoms with Gasteiger partial charge in [0.05, 0.1) is 6.61 Å². The van der Waals surface area contributed by atoms with Crippen LogP contribution in [-0.4, -0.2) is 12.5 Å². The topological polar surface area (TPSA) is 9.23 Å². The van der Waals surface area contributed by atoms with Crippen LogP contribution in [0.5, 0.6) is 5.75 Å². The van der Waals surface area contributed by atoms with Crippen molar-refractivity contribution in [2.45, 2.75) is 26.7 Å². The quantitative estimate of drug-likeness (QED) is 0.669. The molecule has 2 heteroatoms. The van der Waals surface area contributed by atoms with Crippen LogP contribution in [0.25, 0.3) is 0 Å². The number of benzene rings is 1. The number of rotatable bonds is 6. The molecule has 0 saturated carbocycles. The summed E-state index contributed by atoms with van der Waals surface area (Å²) < 4.78 is 5.66. The third-order valence-corrected chi connectivity index (χ3v) is 2.35. The Bertz CT molecular complexity index is 284. The van der Waals surface area contributed by atoms with E-state index in [2.05, 4.69) is 26.0 Å². The predicted molar refractivity (Wildman–Crippen MR) is 65.8 cm³/mol. The normalized spacial score (nSPS) is 10.7. The van der Waals surface area contributed by atoms with Crippen molar-refractivity contribution in [3.63, 3.8) is 0 Å². The molecule has 0 bridgehead atoms. The summed E-state index contributed by atoms with van der Waals surface area (Å²) in [6, 6.07) is 8.27. The van der Waals surface area contributed by atoms with Crippen LogP contribution in [0.3, 0.4) is 0 Å². The van der Waals surface area contributed by atoms with E-state index >= 15 is 0 Å². The summed E-state index contributed by atoms with van der Waals surface area (Å²) in [6.07, 6.45) is 2.05. The molecule has 1 rings (SSSR count). The summed E-state index contributed by atoms with van der Waals surface area (Å²) in [5.74, 6) is 2.25. The van der Waals surface area contributed by atoms with Crippen LogP contribution in [0.2, 0.25) is 0 Å². The second-order valence-electron chi connectivity index (χ2n) is 4.14. The number of hydrogen-bond donors (Lipinski definition) is 0. The molecule has 84 valence electrons. The zero-order chi connectivity index (χ0) is 11.1. The highest BCUT2D eigenvalue weighted by atomic mass is 35.5. The minimum absolute atomic E-state index is 0.566. The molecule has 0 radical (unpaired) electrons. The van der Waals surface area contributed by atoms with Crippen LogP contribution in [0, 0.1) is 5.92 Å². The van der Waals surface area contributed by atoms with Crippen molar-refractivity contribution >= 4 is 11.6 Å². The fourth-order valence-corrected chi connectivity index (χ4v) is 1.46. The summed E-state index contributed by atoms with van der Waals surface area (Å²) in [5, 5.41) is 0. The van der Waals surface area contributed by atoms with Crippen LogP contribution >= 0.6 is 11.6 Å². The van der Waals surface area contributed by atoms with E-state index in [4.69, 9.17) is 16.3 Å². The van der Waals surface area contributed by atoms with Crippen LogP contribution < -0.4 is 4.74 Å². The number of ether oxygens (including phenoxy) is 1. The minimum atomic E-state index is 0.566. The van der Waals surface area contributed by atoms with Gasteiger partial charge in [-0.25, -0.2) is 0 Å². The zero-order valence-electron chi connectivity index (χ0n) is 9.50. The molecule has 0 amide bonds. The van der Waals surface area contributed by atoms with Gasteiger partial charge in [0.1, 0.15) is 5.75 Å². The van der Waals surface area contributed by atoms with Gasteiger partial charge >= 0.3 is 0 Å². The molecular formula is C13H19ClO. The van der Waals surface area contributed by atoms with Gasteiger partial charge < -0.3 is 4.74 Å². The number of alkyl halides is 1. The molecule has 0 aliphatic carbocycles. The maximum absolute atomic E-state index is 5.66. The second kappa shape index (κ2) is 6.73. The molecule has 0 fully saturated rings. The van der Waals surface area contributed by atoms with Gasteiger partial charge in [-0.05, 0) is 36.5 Å². The fourth-order valence-electron chi connectivity index (χ4n) is 1.32. The molecular weight excluding hydrogens is 208 g/mol. The Hall–Kier alpha value is -0.690. The van der Waals surface area contributed by atoms with Crippen LogP contribution in [-0.2, 0) is 6.42 Å². The average molecular weight is 227 g/mol. The Labute approximate surface area is 97.4 Å². The summed E-state index contributed by atoms with van der Waals surface area (Å²) in [7, 11) is 0. The summed E-state index contributed by atoms with van der Waals surface area (Å²) in [6.45, 7) is 5.08. The van der Waals surface area contributed by atoms with Gasteiger partial charge in [0.25, 0.3) is 0 Å². The van der Waals surface area contributed by atoms with E-state index in [0.29, 0.717) is 5.92 Å². The van der Waals surface area contributed by atoms with Gasteiger partial charge in [-0.1, -0.05) is 26.0 Å². The largest absolute Gasteiger partial charge is 0.493 e. The molecule has 0 saturated heterocycles. The lowest BCUT2D eigenvalue weighted by atomic mass is 10.1. The standard InChI is InChI=1S/C13H19ClO/c1-11(2)10-15-13-7-3-5-12(9-13)6-4-8-14/h3,5,7,9,11H,4,6,8,10H2,1-2H3. The van der Waals surface area contributed by atoms with Crippen molar-refractivity contribution in [1.29, 1.82) is 0 Å². The average Bonchev–Trinajstić information content (AvgIpc) is 2.24. The van der Waals surface area contributed by atoms with Gasteiger partial charge in [-0.15, -0.1) is 11.6 Å². The highest BCUT2D eigenvalue weighted by Gasteiger charge is 1.98. The molecule has 0 atom stereocenters. The zero-order valence-corrected chi connectivity index (χ0v) is 10.3. The first-order valence-electron chi connectivity index (χ1n) is 5.50. The van der Waals surface area contributed by atoms with E-state index in [9.17, 15) is 0 Å². The van der Waals surface area contributed by atoms with Crippen molar-refractivity contribution in [3.8, 4) is 5.75 Å². The maximum atomic E-state index is 5.66. The summed E-state index contributed by atoms with van der Waals surface area (Å²) in [4.78, 5) is 0. The molecule has 0 aliphatic rings. The molecule has 1 nitrogen and oxygen atoms in total. The molecule has 0 heterocycles. The molecule has 0 spiro atoms. The number of aryl methyl sites for hydroxylation is 1. The van der Waals surface area contributed by atoms with Gasteiger partial charge in [-0.2, -0.15) is 0 Å². The van der Waals surface area contributed by atoms with Gasteiger partial charge in [-0.3, -0.25) is 0 Å². The monoisotopic (exact) mass is 226 g/mol. The highest BCUT2D eigenvalue weighted by molar-refractivity contribution is 6.17. The molecule has 0 aliphatic heterocycles. The molecule has 0 N–H and O–H groups in total. The molecule has 0 unspecified atom stereocenters. The first-order valence-corrected chi connectivity index (χ1v) is 6.03. The lowest BCUT2D eigenvalue weighted by Crippen LogP contribution is -2.04. The lowest BCUT2D eigenvalue weighted by Gasteiger charge is -2.09. The Morgan fingerprint density at radius 3 is 2.80 bits per heavy atom. The van der Waals surface area contributed by atoms with Crippen molar-refractivity contribution in [1.82, 2.24) is 0 Å². The minimum Gasteiger partial charge on any atom is -0.493 e. The first kappa shape index (κ1) is 12.4. The predicted octanol–water partition coefficient (Wildman–Crippen LogP) is 3.89. The molecule has 1 aromatic rings. The van der Waals surface area contributed by atoms with Crippen molar-refractivity contribution in [2.24, 2.45) is 5.92 Å². The van der Waals surface area contributed by atoms with E-state index in [1.54, 1.807) is 0 Å². The van der Waals surface area contributed by atoms with Gasteiger partial charge in [0.15, 0.2) is 0 Å². The maximum Gasteiger partial charge on any atom is 0.119 e. The van der Waals surface area contributed by atoms with Crippen molar-refractivity contribution < 1.29 is 4.74 Å². The Balaban J connectivity index is 2.50. The van der Waals surface area contributed by atoms with Crippen LogP contribution in [0.15, 0.2) is 24.3 Å². The van der Waals surface area contributed by atoms with E-state index in [-0.39, 0.29) is 0 Å². The van der Waals surface area contributed by atoms with Crippen LogP contribution in [0.4, 0.5) is 0 Å². The molecule has 1 aromatic carbocycles. The lowest BCUT2D eigenvalue weighted by molar-refractivity contribution is 0.271. The third-order valence-electron chi connectivity index (χ3n) is 2.08. The summed E-state index contributed by atoms with van der Waals surface area (Å²) in [5.41, 5.74) is 1.30. The SMILES string of the molecule is CC(C)COc1cccc(CCCCl)c1. The van der Waals surface area contributed by atoms with E-state index in [1.807, 2.05) is 12.1 Å². The fraction of sp³-hybridized carbons (Fsp3) is 0.538. The van der Waals surface area contributed by atoms with Crippen molar-refractivity contribution in [2.75, 3.05) is 12.5 Å². The second-order valence-corrected chi connectivity index (χ2v) is 4.52. The summed E-state index contributed by atoms with van der Waals surface area (Å²) >= 11 is 5.66. The van der Waals surface area contributed by atoms with Crippen molar-refractivity contribution in [3.05, 3.63) is 29.8 Å². The molecule has 0 aromatic heterocycles. The third kappa shape index (κ3) is 5.08. The van der Waals surface area contributed by atoms with Crippen LogP contribution in [0.1, 0.15) is 25.8 Å².